The van der Waals surface area contributed by atoms with Crippen LogP contribution in [0.15, 0.2) is 0 Å². The molecule has 176 valence electrons. The second-order valence-electron chi connectivity index (χ2n) is 9.84. The zero-order valence-electron chi connectivity index (χ0n) is 20.8. The van der Waals surface area contributed by atoms with Crippen LogP contribution in [0.25, 0.3) is 0 Å². The predicted octanol–water partition coefficient (Wildman–Crippen LogP) is 9.51. The molecule has 0 radical (unpaired) electrons. The molecule has 0 unspecified atom stereocenters. The summed E-state index contributed by atoms with van der Waals surface area (Å²) >= 11 is 6.14. The average Bonchev–Trinajstić information content (AvgIpc) is 2.71. The highest BCUT2D eigenvalue weighted by molar-refractivity contribution is 6.17. The molecule has 2 heteroatoms. The van der Waals surface area contributed by atoms with Crippen LogP contribution in [0.1, 0.15) is 142 Å². The lowest BCUT2D eigenvalue weighted by molar-refractivity contribution is -0.907. The van der Waals surface area contributed by atoms with Gasteiger partial charge in [0.2, 0.25) is 0 Å². The summed E-state index contributed by atoms with van der Waals surface area (Å²) in [6, 6.07) is 0. The first kappa shape index (κ1) is 29.2. The van der Waals surface area contributed by atoms with Crippen molar-refractivity contribution in [1.29, 1.82) is 0 Å². The number of hydrogen-bond acceptors (Lipinski definition) is 0. The monoisotopic (exact) mass is 430 g/mol. The fourth-order valence-electron chi connectivity index (χ4n) is 4.50. The minimum absolute atomic E-state index is 0.812. The number of quaternary nitrogens is 1. The topological polar surface area (TPSA) is 0 Å². The summed E-state index contributed by atoms with van der Waals surface area (Å²) in [5.74, 6) is 0.812. The van der Waals surface area contributed by atoms with E-state index in [9.17, 15) is 0 Å². The summed E-state index contributed by atoms with van der Waals surface area (Å²) in [5.41, 5.74) is 0. The van der Waals surface area contributed by atoms with Gasteiger partial charge in [-0.1, -0.05) is 117 Å². The van der Waals surface area contributed by atoms with Crippen molar-refractivity contribution in [3.05, 3.63) is 0 Å². The predicted molar refractivity (Wildman–Crippen MR) is 135 cm³/mol. The molecule has 1 nitrogen and oxygen atoms in total. The molecule has 0 saturated carbocycles. The summed E-state index contributed by atoms with van der Waals surface area (Å²) in [4.78, 5) is 0. The molecular formula is C27H57ClN+. The average molecular weight is 431 g/mol. The van der Waals surface area contributed by atoms with E-state index >= 15 is 0 Å². The van der Waals surface area contributed by atoms with Gasteiger partial charge in [-0.2, -0.15) is 0 Å². The fraction of sp³-hybridized carbons (Fsp3) is 1.00. The Morgan fingerprint density at radius 3 is 0.966 bits per heavy atom. The fourth-order valence-corrected chi connectivity index (χ4v) is 4.91. The van der Waals surface area contributed by atoms with Crippen molar-refractivity contribution in [2.75, 3.05) is 32.6 Å². The van der Waals surface area contributed by atoms with Gasteiger partial charge in [0.25, 0.3) is 0 Å². The smallest absolute Gasteiger partial charge is 0.0922 e. The van der Waals surface area contributed by atoms with E-state index in [4.69, 9.17) is 11.6 Å². The Morgan fingerprint density at radius 2 is 0.690 bits per heavy atom. The maximum Gasteiger partial charge on any atom is 0.0922 e. The molecule has 0 aliphatic rings. The third-order valence-corrected chi connectivity index (χ3v) is 6.90. The van der Waals surface area contributed by atoms with Crippen LogP contribution in [0.3, 0.4) is 0 Å². The first-order chi connectivity index (χ1) is 14.2. The zero-order chi connectivity index (χ0) is 21.5. The van der Waals surface area contributed by atoms with Crippen molar-refractivity contribution in [2.24, 2.45) is 0 Å². The van der Waals surface area contributed by atoms with Crippen LogP contribution < -0.4 is 0 Å². The van der Waals surface area contributed by atoms with E-state index in [1.807, 2.05) is 0 Å². The minimum atomic E-state index is 0.812. The van der Waals surface area contributed by atoms with Crippen LogP contribution >= 0.6 is 11.6 Å². The first-order valence-electron chi connectivity index (χ1n) is 13.6. The second-order valence-corrected chi connectivity index (χ2v) is 10.2. The number of rotatable bonds is 24. The molecule has 0 N–H and O–H groups in total. The summed E-state index contributed by atoms with van der Waals surface area (Å²) in [7, 11) is 2.45. The number of hydrogen-bond donors (Lipinski definition) is 0. The Balaban J connectivity index is 3.61. The van der Waals surface area contributed by atoms with Gasteiger partial charge in [-0.3, -0.25) is 0 Å². The van der Waals surface area contributed by atoms with E-state index in [1.54, 1.807) is 0 Å². The van der Waals surface area contributed by atoms with Crippen molar-refractivity contribution in [1.82, 2.24) is 0 Å². The van der Waals surface area contributed by atoms with Crippen LogP contribution in [-0.4, -0.2) is 37.0 Å². The molecule has 29 heavy (non-hydrogen) atoms. The Hall–Kier alpha value is 0.250. The Labute approximate surface area is 191 Å². The van der Waals surface area contributed by atoms with E-state index in [1.165, 1.54) is 146 Å². The molecule has 0 bridgehead atoms. The van der Waals surface area contributed by atoms with Gasteiger partial charge in [-0.05, 0) is 25.7 Å². The molecule has 0 fully saturated rings. The third kappa shape index (κ3) is 21.3. The standard InChI is InChI=1S/C27H57ClN/c1-4-6-8-10-12-14-16-18-20-22-25-29(3,27-24-28)26-23-21-19-17-15-13-11-9-7-5-2/h4-27H2,1-3H3/q+1. The lowest BCUT2D eigenvalue weighted by Gasteiger charge is -2.34. The van der Waals surface area contributed by atoms with E-state index in [-0.39, 0.29) is 0 Å². The largest absolute Gasteiger partial charge is 0.325 e. The van der Waals surface area contributed by atoms with Gasteiger partial charge in [-0.25, -0.2) is 0 Å². The van der Waals surface area contributed by atoms with Crippen molar-refractivity contribution in [2.45, 2.75) is 142 Å². The summed E-state index contributed by atoms with van der Waals surface area (Å²) in [6.07, 6.45) is 28.6. The molecule has 0 aromatic carbocycles. The Kier molecular flexibility index (Phi) is 23.1. The SMILES string of the molecule is CCCCCCCCCCCC[N+](C)(CCCl)CCCCCCCCCCCC. The molecule has 0 saturated heterocycles. The lowest BCUT2D eigenvalue weighted by Crippen LogP contribution is -2.47. The molecule has 0 amide bonds. The van der Waals surface area contributed by atoms with Gasteiger partial charge in [0.15, 0.2) is 0 Å². The molecule has 0 atom stereocenters. The maximum absolute atomic E-state index is 6.14. The molecule has 0 aliphatic heterocycles. The molecule has 0 aromatic rings. The van der Waals surface area contributed by atoms with Crippen LogP contribution in [0.4, 0.5) is 0 Å². The van der Waals surface area contributed by atoms with Crippen molar-refractivity contribution in [3.8, 4) is 0 Å². The van der Waals surface area contributed by atoms with E-state index in [0.29, 0.717) is 0 Å². The number of halogens is 1. The van der Waals surface area contributed by atoms with Crippen molar-refractivity contribution >= 4 is 11.6 Å². The van der Waals surface area contributed by atoms with Gasteiger partial charge >= 0.3 is 0 Å². The van der Waals surface area contributed by atoms with Crippen molar-refractivity contribution < 1.29 is 4.48 Å². The minimum Gasteiger partial charge on any atom is -0.325 e. The number of nitrogens with zero attached hydrogens (tertiary/aromatic N) is 1. The third-order valence-electron chi connectivity index (χ3n) is 6.73. The van der Waals surface area contributed by atoms with Gasteiger partial charge in [-0.15, -0.1) is 11.6 Å². The van der Waals surface area contributed by atoms with Gasteiger partial charge in [0.1, 0.15) is 0 Å². The normalized spacial score (nSPS) is 12.0. The highest BCUT2D eigenvalue weighted by atomic mass is 35.5. The summed E-state index contributed by atoms with van der Waals surface area (Å²) in [6.45, 7) is 8.41. The lowest BCUT2D eigenvalue weighted by atomic mass is 10.1. The quantitative estimate of drug-likeness (QED) is 0.0811. The summed E-state index contributed by atoms with van der Waals surface area (Å²) < 4.78 is 1.21. The van der Waals surface area contributed by atoms with Crippen molar-refractivity contribution in [3.63, 3.8) is 0 Å². The van der Waals surface area contributed by atoms with Crippen LogP contribution in [0.2, 0.25) is 0 Å². The van der Waals surface area contributed by atoms with Crippen LogP contribution in [-0.2, 0) is 0 Å². The molecule has 0 rings (SSSR count). The molecular weight excluding hydrogens is 374 g/mol. The van der Waals surface area contributed by atoms with Crippen LogP contribution in [0.5, 0.6) is 0 Å². The second kappa shape index (κ2) is 22.9. The first-order valence-corrected chi connectivity index (χ1v) is 14.1. The molecule has 0 spiro atoms. The highest BCUT2D eigenvalue weighted by Crippen LogP contribution is 2.15. The molecule has 0 aliphatic carbocycles. The zero-order valence-corrected chi connectivity index (χ0v) is 21.6. The molecule has 0 aromatic heterocycles. The van der Waals surface area contributed by atoms with Gasteiger partial charge in [0.05, 0.1) is 32.6 Å². The molecule has 0 heterocycles. The number of alkyl halides is 1. The van der Waals surface area contributed by atoms with Gasteiger partial charge in [0, 0.05) is 0 Å². The Bertz CT molecular complexity index is 281. The number of unbranched alkanes of at least 4 members (excludes halogenated alkanes) is 18. The highest BCUT2D eigenvalue weighted by Gasteiger charge is 2.19. The maximum atomic E-state index is 6.14. The van der Waals surface area contributed by atoms with E-state index < -0.39 is 0 Å². The van der Waals surface area contributed by atoms with E-state index in [0.717, 1.165) is 12.4 Å². The van der Waals surface area contributed by atoms with Gasteiger partial charge < -0.3 is 4.48 Å². The Morgan fingerprint density at radius 1 is 0.414 bits per heavy atom. The summed E-state index contributed by atoms with van der Waals surface area (Å²) in [5, 5.41) is 0. The van der Waals surface area contributed by atoms with Crippen LogP contribution in [0, 0.1) is 0 Å². The van der Waals surface area contributed by atoms with E-state index in [2.05, 4.69) is 20.9 Å².